The quantitative estimate of drug-likeness (QED) is 0.739. The number of benzene rings is 1. The van der Waals surface area contributed by atoms with Crippen molar-refractivity contribution in [2.45, 2.75) is 6.04 Å². The molecule has 1 fully saturated rings. The normalized spacial score (nSPS) is 15.7. The smallest absolute Gasteiger partial charge is 0.251 e. The number of carbonyl (C=O) groups excluding carboxylic acids is 1. The predicted octanol–water partition coefficient (Wildman–Crippen LogP) is 2.11. The first-order chi connectivity index (χ1) is 13.7. The van der Waals surface area contributed by atoms with Crippen LogP contribution in [-0.2, 0) is 4.74 Å². The van der Waals surface area contributed by atoms with E-state index in [0.717, 1.165) is 18.8 Å². The van der Waals surface area contributed by atoms with Gasteiger partial charge in [-0.1, -0.05) is 0 Å². The first kappa shape index (κ1) is 20.0. The lowest BCUT2D eigenvalue weighted by Crippen LogP contribution is -2.43. The molecule has 3 rings (SSSR count). The van der Waals surface area contributed by atoms with E-state index in [4.69, 9.17) is 23.4 Å². The fourth-order valence-electron chi connectivity index (χ4n) is 3.28. The largest absolute Gasteiger partial charge is 0.493 e. The highest BCUT2D eigenvalue weighted by Gasteiger charge is 2.26. The van der Waals surface area contributed by atoms with E-state index in [0.29, 0.717) is 42.6 Å². The Kier molecular flexibility index (Phi) is 6.78. The van der Waals surface area contributed by atoms with Crippen LogP contribution in [0.15, 0.2) is 34.9 Å². The zero-order valence-electron chi connectivity index (χ0n) is 16.4. The number of methoxy groups -OCH3 is 3. The highest BCUT2D eigenvalue weighted by molar-refractivity contribution is 5.95. The van der Waals surface area contributed by atoms with Crippen molar-refractivity contribution in [3.8, 4) is 17.2 Å². The SMILES string of the molecule is COc1cc(C(=O)NC[C@@H](c2ccco2)N2CCOCC2)cc(OC)c1OC. The van der Waals surface area contributed by atoms with E-state index < -0.39 is 0 Å². The molecule has 1 atom stereocenters. The first-order valence-corrected chi connectivity index (χ1v) is 9.11. The lowest BCUT2D eigenvalue weighted by Gasteiger charge is -2.33. The van der Waals surface area contributed by atoms with Gasteiger partial charge in [0, 0.05) is 25.2 Å². The Hall–Kier alpha value is -2.71. The third kappa shape index (κ3) is 4.40. The van der Waals surface area contributed by atoms with Gasteiger partial charge in [-0.05, 0) is 24.3 Å². The summed E-state index contributed by atoms with van der Waals surface area (Å²) >= 11 is 0. The Morgan fingerprint density at radius 3 is 2.36 bits per heavy atom. The minimum atomic E-state index is -0.232. The molecule has 8 nitrogen and oxygen atoms in total. The Labute approximate surface area is 164 Å². The van der Waals surface area contributed by atoms with Crippen LogP contribution in [0.3, 0.4) is 0 Å². The number of rotatable bonds is 8. The molecular weight excluding hydrogens is 364 g/mol. The average Bonchev–Trinajstić information content (AvgIpc) is 3.27. The molecule has 1 amide bonds. The molecule has 0 aliphatic carbocycles. The fraction of sp³-hybridized carbons (Fsp3) is 0.450. The molecule has 0 unspecified atom stereocenters. The number of nitrogens with zero attached hydrogens (tertiary/aromatic N) is 1. The topological polar surface area (TPSA) is 82.4 Å². The van der Waals surface area contributed by atoms with Gasteiger partial charge in [-0.3, -0.25) is 9.69 Å². The van der Waals surface area contributed by atoms with Crippen LogP contribution >= 0.6 is 0 Å². The van der Waals surface area contributed by atoms with Crippen LogP contribution in [0.25, 0.3) is 0 Å². The molecular formula is C20H26N2O6. The number of morpholine rings is 1. The van der Waals surface area contributed by atoms with Crippen molar-refractivity contribution in [1.29, 1.82) is 0 Å². The van der Waals surface area contributed by atoms with Gasteiger partial charge in [0.2, 0.25) is 5.75 Å². The maximum atomic E-state index is 12.8. The first-order valence-electron chi connectivity index (χ1n) is 9.11. The van der Waals surface area contributed by atoms with Gasteiger partial charge in [0.05, 0.1) is 46.8 Å². The summed E-state index contributed by atoms with van der Waals surface area (Å²) in [6.45, 7) is 3.30. The predicted molar refractivity (Wildman–Crippen MR) is 102 cm³/mol. The number of furan rings is 1. The zero-order valence-corrected chi connectivity index (χ0v) is 16.4. The Bertz CT molecular complexity index is 746. The maximum Gasteiger partial charge on any atom is 0.251 e. The van der Waals surface area contributed by atoms with Crippen molar-refractivity contribution in [1.82, 2.24) is 10.2 Å². The second-order valence-corrected chi connectivity index (χ2v) is 6.30. The Balaban J connectivity index is 1.75. The van der Waals surface area contributed by atoms with Crippen LogP contribution < -0.4 is 19.5 Å². The lowest BCUT2D eigenvalue weighted by atomic mass is 10.1. The van der Waals surface area contributed by atoms with E-state index in [9.17, 15) is 4.79 Å². The minimum Gasteiger partial charge on any atom is -0.493 e. The summed E-state index contributed by atoms with van der Waals surface area (Å²) in [5.41, 5.74) is 0.426. The lowest BCUT2D eigenvalue weighted by molar-refractivity contribution is 0.0118. The molecule has 2 heterocycles. The van der Waals surface area contributed by atoms with E-state index >= 15 is 0 Å². The van der Waals surface area contributed by atoms with Gasteiger partial charge in [0.15, 0.2) is 11.5 Å². The monoisotopic (exact) mass is 390 g/mol. The molecule has 1 aliphatic rings. The highest BCUT2D eigenvalue weighted by atomic mass is 16.5. The van der Waals surface area contributed by atoms with Crippen LogP contribution in [0.2, 0.25) is 0 Å². The molecule has 8 heteroatoms. The molecule has 1 N–H and O–H groups in total. The van der Waals surface area contributed by atoms with Crippen LogP contribution in [0.5, 0.6) is 17.2 Å². The van der Waals surface area contributed by atoms with E-state index in [1.165, 1.54) is 21.3 Å². The molecule has 28 heavy (non-hydrogen) atoms. The van der Waals surface area contributed by atoms with Gasteiger partial charge >= 0.3 is 0 Å². The molecule has 2 aromatic rings. The van der Waals surface area contributed by atoms with Crippen LogP contribution in [0.1, 0.15) is 22.2 Å². The second kappa shape index (κ2) is 9.48. The van der Waals surface area contributed by atoms with Gasteiger partial charge in [0.1, 0.15) is 5.76 Å². The van der Waals surface area contributed by atoms with Gasteiger partial charge in [-0.15, -0.1) is 0 Å². The van der Waals surface area contributed by atoms with E-state index in [2.05, 4.69) is 10.2 Å². The maximum absolute atomic E-state index is 12.8. The van der Waals surface area contributed by atoms with Crippen LogP contribution in [-0.4, -0.2) is 65.0 Å². The molecule has 0 radical (unpaired) electrons. The third-order valence-corrected chi connectivity index (χ3v) is 4.74. The van der Waals surface area contributed by atoms with Crippen molar-refractivity contribution >= 4 is 5.91 Å². The molecule has 1 aromatic heterocycles. The van der Waals surface area contributed by atoms with Crippen LogP contribution in [0.4, 0.5) is 0 Å². The van der Waals surface area contributed by atoms with Crippen molar-refractivity contribution in [2.75, 3.05) is 54.2 Å². The van der Waals surface area contributed by atoms with Gasteiger partial charge in [0.25, 0.3) is 5.91 Å². The van der Waals surface area contributed by atoms with Gasteiger partial charge < -0.3 is 28.7 Å². The molecule has 0 bridgehead atoms. The number of hydrogen-bond acceptors (Lipinski definition) is 7. The molecule has 0 saturated carbocycles. The summed E-state index contributed by atoms with van der Waals surface area (Å²) in [4.78, 5) is 15.0. The van der Waals surface area contributed by atoms with E-state index in [1.54, 1.807) is 18.4 Å². The Morgan fingerprint density at radius 2 is 1.82 bits per heavy atom. The number of hydrogen-bond donors (Lipinski definition) is 1. The summed E-state index contributed by atoms with van der Waals surface area (Å²) in [7, 11) is 4.56. The summed E-state index contributed by atoms with van der Waals surface area (Å²) in [5.74, 6) is 1.89. The zero-order chi connectivity index (χ0) is 19.9. The van der Waals surface area contributed by atoms with Crippen molar-refractivity contribution in [2.24, 2.45) is 0 Å². The molecule has 1 aliphatic heterocycles. The summed E-state index contributed by atoms with van der Waals surface area (Å²) in [6, 6.07) is 6.97. The molecule has 0 spiro atoms. The number of amides is 1. The summed E-state index contributed by atoms with van der Waals surface area (Å²) in [5, 5.41) is 2.99. The second-order valence-electron chi connectivity index (χ2n) is 6.30. The van der Waals surface area contributed by atoms with Crippen molar-refractivity contribution < 1.29 is 28.2 Å². The van der Waals surface area contributed by atoms with E-state index in [1.807, 2.05) is 12.1 Å². The number of carbonyl (C=O) groups is 1. The highest BCUT2D eigenvalue weighted by Crippen LogP contribution is 2.38. The summed E-state index contributed by atoms with van der Waals surface area (Å²) in [6.07, 6.45) is 1.64. The van der Waals surface area contributed by atoms with Crippen LogP contribution in [0, 0.1) is 0 Å². The minimum absolute atomic E-state index is 0.0649. The van der Waals surface area contributed by atoms with Gasteiger partial charge in [-0.25, -0.2) is 0 Å². The standard InChI is InChI=1S/C20H26N2O6/c1-24-17-11-14(12-18(25-2)19(17)26-3)20(23)21-13-15(16-5-4-8-28-16)22-6-9-27-10-7-22/h4-5,8,11-12,15H,6-7,9-10,13H2,1-3H3,(H,21,23)/t15-/m0/s1. The molecule has 152 valence electrons. The van der Waals surface area contributed by atoms with Crippen molar-refractivity contribution in [3.63, 3.8) is 0 Å². The number of nitrogens with one attached hydrogen (secondary N) is 1. The molecule has 1 saturated heterocycles. The third-order valence-electron chi connectivity index (χ3n) is 4.74. The molecule has 1 aromatic carbocycles. The summed E-state index contributed by atoms with van der Waals surface area (Å²) < 4.78 is 27.0. The van der Waals surface area contributed by atoms with Crippen molar-refractivity contribution in [3.05, 3.63) is 41.9 Å². The van der Waals surface area contributed by atoms with E-state index in [-0.39, 0.29) is 11.9 Å². The average molecular weight is 390 g/mol. The Morgan fingerprint density at radius 1 is 1.14 bits per heavy atom. The number of ether oxygens (including phenoxy) is 4. The van der Waals surface area contributed by atoms with Gasteiger partial charge in [-0.2, -0.15) is 0 Å². The fourth-order valence-corrected chi connectivity index (χ4v) is 3.28.